The van der Waals surface area contributed by atoms with E-state index >= 15 is 0 Å². The zero-order valence-electron chi connectivity index (χ0n) is 16.3. The van der Waals surface area contributed by atoms with Gasteiger partial charge in [0.2, 0.25) is 6.29 Å². The van der Waals surface area contributed by atoms with E-state index in [1.54, 1.807) is 13.0 Å². The summed E-state index contributed by atoms with van der Waals surface area (Å²) in [6, 6.07) is 3.08. The summed E-state index contributed by atoms with van der Waals surface area (Å²) in [5.74, 6) is -2.07. The number of ether oxygens (including phenoxy) is 3. The van der Waals surface area contributed by atoms with Crippen LogP contribution < -0.4 is 4.74 Å². The average molecular weight is 414 g/mol. The van der Waals surface area contributed by atoms with Gasteiger partial charge >= 0.3 is 11.9 Å². The molecule has 2 rings (SSSR count). The molecule has 10 nitrogen and oxygen atoms in total. The molecule has 0 spiro atoms. The predicted molar refractivity (Wildman–Crippen MR) is 97.5 cm³/mol. The Balaban J connectivity index is 2.17. The number of carboxylic acid groups (broad SMARTS) is 1. The second-order valence-electron chi connectivity index (χ2n) is 7.22. The molecule has 1 aromatic carbocycles. The molecule has 0 aromatic heterocycles. The van der Waals surface area contributed by atoms with E-state index in [2.05, 4.69) is 0 Å². The van der Waals surface area contributed by atoms with E-state index in [4.69, 9.17) is 19.3 Å². The zero-order chi connectivity index (χ0) is 21.9. The fraction of sp³-hybridized carbons (Fsp3) is 0.579. The van der Waals surface area contributed by atoms with Gasteiger partial charge in [-0.05, 0) is 30.5 Å². The number of carbonyl (C=O) groups excluding carboxylic acids is 1. The number of rotatable bonds is 7. The molecule has 1 saturated heterocycles. The number of hydrogen-bond acceptors (Lipinski definition) is 9. The maximum atomic E-state index is 11.4. The first kappa shape index (κ1) is 22.9. The number of carbonyl (C=O) groups is 2. The van der Waals surface area contributed by atoms with Crippen molar-refractivity contribution in [1.29, 1.82) is 0 Å². The van der Waals surface area contributed by atoms with Crippen molar-refractivity contribution in [1.82, 2.24) is 0 Å². The van der Waals surface area contributed by atoms with E-state index in [1.807, 2.05) is 13.8 Å². The minimum absolute atomic E-state index is 0.0412. The minimum atomic E-state index is -1.65. The molecule has 162 valence electrons. The van der Waals surface area contributed by atoms with Crippen LogP contribution in [0.5, 0.6) is 11.5 Å². The second-order valence-corrected chi connectivity index (χ2v) is 7.22. The molecule has 1 aliphatic rings. The van der Waals surface area contributed by atoms with Gasteiger partial charge in [0.25, 0.3) is 0 Å². The number of aliphatic hydroxyl groups is 3. The molecule has 1 heterocycles. The molecule has 0 radical (unpaired) electrons. The number of phenolic OH excluding ortho intramolecular Hbond substituents is 1. The third kappa shape index (κ3) is 5.57. The lowest BCUT2D eigenvalue weighted by atomic mass is 9.98. The third-order valence-corrected chi connectivity index (χ3v) is 4.57. The van der Waals surface area contributed by atoms with Gasteiger partial charge in [-0.15, -0.1) is 0 Å². The highest BCUT2D eigenvalue weighted by Crippen LogP contribution is 2.35. The van der Waals surface area contributed by atoms with Gasteiger partial charge in [-0.2, -0.15) is 0 Å². The first-order chi connectivity index (χ1) is 13.5. The van der Waals surface area contributed by atoms with Crippen molar-refractivity contribution in [2.45, 2.75) is 63.8 Å². The summed E-state index contributed by atoms with van der Waals surface area (Å²) in [4.78, 5) is 21.9. The normalized spacial score (nSPS) is 26.9. The summed E-state index contributed by atoms with van der Waals surface area (Å²) in [6.07, 6.45) is -8.37. The Kier molecular flexibility index (Phi) is 7.42. The van der Waals surface area contributed by atoms with Crippen LogP contribution >= 0.6 is 0 Å². The van der Waals surface area contributed by atoms with Crippen molar-refractivity contribution in [2.75, 3.05) is 6.61 Å². The summed E-state index contributed by atoms with van der Waals surface area (Å²) >= 11 is 0. The molecule has 1 aliphatic heterocycles. The molecule has 1 fully saturated rings. The summed E-state index contributed by atoms with van der Waals surface area (Å²) in [5, 5.41) is 48.9. The molecule has 0 amide bonds. The summed E-state index contributed by atoms with van der Waals surface area (Å²) in [6.45, 7) is 4.87. The van der Waals surface area contributed by atoms with Crippen LogP contribution in [0.25, 0.3) is 0 Å². The fourth-order valence-corrected chi connectivity index (χ4v) is 2.87. The van der Waals surface area contributed by atoms with E-state index < -0.39 is 55.7 Å². The van der Waals surface area contributed by atoms with Crippen molar-refractivity contribution >= 4 is 11.9 Å². The lowest BCUT2D eigenvalue weighted by molar-refractivity contribution is -0.278. The fourth-order valence-electron chi connectivity index (χ4n) is 2.87. The lowest BCUT2D eigenvalue weighted by Gasteiger charge is -2.40. The Bertz CT molecular complexity index is 747. The lowest BCUT2D eigenvalue weighted by Crippen LogP contribution is -2.60. The number of carboxylic acids is 1. The van der Waals surface area contributed by atoms with Crippen LogP contribution in [-0.4, -0.2) is 74.8 Å². The van der Waals surface area contributed by atoms with Gasteiger partial charge in [0.15, 0.2) is 0 Å². The molecule has 1 aromatic rings. The van der Waals surface area contributed by atoms with Crippen molar-refractivity contribution in [3.63, 3.8) is 0 Å². The number of hydrogen-bond donors (Lipinski definition) is 5. The topological polar surface area (TPSA) is 163 Å². The van der Waals surface area contributed by atoms with Gasteiger partial charge < -0.3 is 39.7 Å². The smallest absolute Gasteiger partial charge is 0.317 e. The Morgan fingerprint density at radius 3 is 2.38 bits per heavy atom. The molecule has 5 atom stereocenters. The molecular weight excluding hydrogens is 388 g/mol. The van der Waals surface area contributed by atoms with Crippen molar-refractivity contribution < 1.29 is 49.3 Å². The second kappa shape index (κ2) is 9.40. The first-order valence-corrected chi connectivity index (χ1v) is 9.08. The number of aliphatic hydroxyl groups excluding tert-OH is 3. The van der Waals surface area contributed by atoms with E-state index in [-0.39, 0.29) is 11.7 Å². The van der Waals surface area contributed by atoms with Crippen LogP contribution in [0.3, 0.4) is 0 Å². The quantitative estimate of drug-likeness (QED) is 0.304. The van der Waals surface area contributed by atoms with E-state index in [9.17, 15) is 30.0 Å². The Morgan fingerprint density at radius 2 is 1.79 bits per heavy atom. The molecule has 0 saturated carbocycles. The monoisotopic (exact) mass is 414 g/mol. The van der Waals surface area contributed by atoms with E-state index in [1.165, 1.54) is 6.07 Å². The van der Waals surface area contributed by atoms with Crippen LogP contribution in [0, 0.1) is 6.92 Å². The standard InChI is InChI=1S/C19H26O10/c1-8(2)10-5-11(20)9(3)4-12(10)28-19-18(26)17(25)16(24)13(29-19)7-27-15(23)6-14(21)22/h4-5,8,13,16-20,24-26H,6-7H2,1-3H3,(H,21,22)/t13-,16-,17+,18-,19-/m1/s1. The number of benzene rings is 1. The van der Waals surface area contributed by atoms with Gasteiger partial charge in [0.1, 0.15) is 48.9 Å². The summed E-state index contributed by atoms with van der Waals surface area (Å²) in [7, 11) is 0. The van der Waals surface area contributed by atoms with Crippen molar-refractivity contribution in [3.8, 4) is 11.5 Å². The van der Waals surface area contributed by atoms with Crippen LogP contribution in [0.4, 0.5) is 0 Å². The molecule has 10 heteroatoms. The number of esters is 1. The Hall–Kier alpha value is -2.40. The van der Waals surface area contributed by atoms with Gasteiger partial charge in [-0.3, -0.25) is 9.59 Å². The molecule has 0 bridgehead atoms. The van der Waals surface area contributed by atoms with Crippen LogP contribution in [0.15, 0.2) is 12.1 Å². The maximum absolute atomic E-state index is 11.4. The number of aryl methyl sites for hydroxylation is 1. The molecule has 0 unspecified atom stereocenters. The van der Waals surface area contributed by atoms with Gasteiger partial charge in [0, 0.05) is 5.56 Å². The van der Waals surface area contributed by atoms with Crippen LogP contribution in [0.2, 0.25) is 0 Å². The van der Waals surface area contributed by atoms with E-state index in [0.29, 0.717) is 16.9 Å². The van der Waals surface area contributed by atoms with Crippen molar-refractivity contribution in [3.05, 3.63) is 23.3 Å². The molecular formula is C19H26O10. The highest BCUT2D eigenvalue weighted by Gasteiger charge is 2.45. The minimum Gasteiger partial charge on any atom is -0.508 e. The number of aliphatic carboxylic acids is 1. The largest absolute Gasteiger partial charge is 0.508 e. The zero-order valence-corrected chi connectivity index (χ0v) is 16.3. The molecule has 5 N–H and O–H groups in total. The number of phenols is 1. The highest BCUT2D eigenvalue weighted by atomic mass is 16.7. The first-order valence-electron chi connectivity index (χ1n) is 9.08. The Labute approximate surface area is 167 Å². The third-order valence-electron chi connectivity index (χ3n) is 4.57. The molecule has 0 aliphatic carbocycles. The van der Waals surface area contributed by atoms with E-state index in [0.717, 1.165) is 0 Å². The summed E-state index contributed by atoms with van der Waals surface area (Å²) < 4.78 is 16.0. The van der Waals surface area contributed by atoms with Gasteiger partial charge in [-0.25, -0.2) is 0 Å². The van der Waals surface area contributed by atoms with Crippen molar-refractivity contribution in [2.24, 2.45) is 0 Å². The number of aromatic hydroxyl groups is 1. The van der Waals surface area contributed by atoms with Gasteiger partial charge in [-0.1, -0.05) is 13.8 Å². The SMILES string of the molecule is Cc1cc(O[C@@H]2O[C@H](COC(=O)CC(=O)O)[C@@H](O)[C@H](O)[C@H]2O)c(C(C)C)cc1O. The average Bonchev–Trinajstić information content (AvgIpc) is 2.63. The van der Waals surface area contributed by atoms with Gasteiger partial charge in [0.05, 0.1) is 0 Å². The Morgan fingerprint density at radius 1 is 1.14 bits per heavy atom. The predicted octanol–water partition coefficient (Wildman–Crippen LogP) is 0.0283. The maximum Gasteiger partial charge on any atom is 0.317 e. The van der Waals surface area contributed by atoms with Crippen LogP contribution in [-0.2, 0) is 19.1 Å². The highest BCUT2D eigenvalue weighted by molar-refractivity contribution is 5.90. The van der Waals surface area contributed by atoms with Crippen LogP contribution in [0.1, 0.15) is 37.3 Å². The molecule has 29 heavy (non-hydrogen) atoms. The summed E-state index contributed by atoms with van der Waals surface area (Å²) in [5.41, 5.74) is 1.16.